The first-order chi connectivity index (χ1) is 12.1. The van der Waals surface area contributed by atoms with Crippen LogP contribution < -0.4 is 0 Å². The summed E-state index contributed by atoms with van der Waals surface area (Å²) < 4.78 is 1.32. The summed E-state index contributed by atoms with van der Waals surface area (Å²) in [6, 6.07) is 5.05. The van der Waals surface area contributed by atoms with Crippen molar-refractivity contribution in [3.63, 3.8) is 0 Å². The smallest absolute Gasteiger partial charge is 0.354 e. The minimum atomic E-state index is -1.06. The third kappa shape index (κ3) is 3.87. The Labute approximate surface area is 148 Å². The number of carboxylic acids is 1. The average Bonchev–Trinajstić information content (AvgIpc) is 3.30. The summed E-state index contributed by atoms with van der Waals surface area (Å²) in [5, 5.41) is 14.8. The van der Waals surface area contributed by atoms with Crippen LogP contribution in [-0.4, -0.2) is 68.6 Å². The molecule has 132 valence electrons. The predicted octanol–water partition coefficient (Wildman–Crippen LogP) is 1.02. The number of aryl methyl sites for hydroxylation is 1. The van der Waals surface area contributed by atoms with Crippen LogP contribution in [0.15, 0.2) is 29.8 Å². The fourth-order valence-electron chi connectivity index (χ4n) is 2.77. The summed E-state index contributed by atoms with van der Waals surface area (Å²) in [5.41, 5.74) is 0.0687. The maximum absolute atomic E-state index is 12.3. The van der Waals surface area contributed by atoms with Gasteiger partial charge in [0.2, 0.25) is 5.91 Å². The minimum Gasteiger partial charge on any atom is -0.477 e. The van der Waals surface area contributed by atoms with Crippen LogP contribution in [0.4, 0.5) is 0 Å². The summed E-state index contributed by atoms with van der Waals surface area (Å²) in [4.78, 5) is 39.8. The van der Waals surface area contributed by atoms with Gasteiger partial charge in [0.05, 0.1) is 11.4 Å². The molecule has 0 saturated carbocycles. The Morgan fingerprint density at radius 3 is 2.48 bits per heavy atom. The number of rotatable bonds is 5. The second-order valence-electron chi connectivity index (χ2n) is 5.65. The minimum absolute atomic E-state index is 0.00439. The molecule has 3 rings (SSSR count). The molecule has 0 radical (unpaired) electrons. The molecule has 0 bridgehead atoms. The Morgan fingerprint density at radius 2 is 1.84 bits per heavy atom. The summed E-state index contributed by atoms with van der Waals surface area (Å²) in [6.45, 7) is 2.21. The van der Waals surface area contributed by atoms with Gasteiger partial charge in [-0.15, -0.1) is 11.3 Å². The molecular formula is C16H18N4O4S. The molecule has 0 aliphatic carbocycles. The normalized spacial score (nSPS) is 14.6. The predicted molar refractivity (Wildman–Crippen MR) is 90.6 cm³/mol. The van der Waals surface area contributed by atoms with Gasteiger partial charge < -0.3 is 14.9 Å². The molecule has 0 aromatic carbocycles. The summed E-state index contributed by atoms with van der Waals surface area (Å²) >= 11 is 1.41. The fourth-order valence-corrected chi connectivity index (χ4v) is 3.46. The number of nitrogens with zero attached hydrogens (tertiary/aromatic N) is 4. The average molecular weight is 362 g/mol. The second kappa shape index (κ2) is 7.47. The van der Waals surface area contributed by atoms with Crippen molar-refractivity contribution >= 4 is 29.1 Å². The van der Waals surface area contributed by atoms with E-state index < -0.39 is 5.97 Å². The van der Waals surface area contributed by atoms with Crippen molar-refractivity contribution in [3.8, 4) is 0 Å². The molecular weight excluding hydrogens is 344 g/mol. The van der Waals surface area contributed by atoms with E-state index in [0.717, 1.165) is 0 Å². The van der Waals surface area contributed by atoms with Crippen molar-refractivity contribution < 1.29 is 19.5 Å². The molecule has 3 heterocycles. The van der Waals surface area contributed by atoms with Crippen LogP contribution in [0.5, 0.6) is 0 Å². The maximum atomic E-state index is 12.3. The van der Waals surface area contributed by atoms with E-state index in [4.69, 9.17) is 5.11 Å². The van der Waals surface area contributed by atoms with Crippen molar-refractivity contribution in [1.29, 1.82) is 0 Å². The van der Waals surface area contributed by atoms with Gasteiger partial charge in [-0.05, 0) is 17.5 Å². The lowest BCUT2D eigenvalue weighted by Crippen LogP contribution is -2.50. The number of amides is 2. The van der Waals surface area contributed by atoms with E-state index in [1.54, 1.807) is 15.9 Å². The number of carbonyl (C=O) groups excluding carboxylic acids is 2. The Kier molecular flexibility index (Phi) is 5.13. The number of hydrogen-bond donors (Lipinski definition) is 1. The van der Waals surface area contributed by atoms with E-state index in [9.17, 15) is 14.4 Å². The number of aromatic carboxylic acids is 1. The zero-order chi connectivity index (χ0) is 17.8. The SMILES string of the molecule is O=C(O)c1ccnn1CCC(=O)N1CCN(C(=O)c2cccs2)CC1. The number of carbonyl (C=O) groups is 3. The van der Waals surface area contributed by atoms with Crippen LogP contribution in [0.2, 0.25) is 0 Å². The monoisotopic (exact) mass is 362 g/mol. The van der Waals surface area contributed by atoms with Gasteiger partial charge in [0.1, 0.15) is 5.69 Å². The van der Waals surface area contributed by atoms with E-state index in [2.05, 4.69) is 5.10 Å². The van der Waals surface area contributed by atoms with Gasteiger partial charge in [0.25, 0.3) is 5.91 Å². The summed E-state index contributed by atoms with van der Waals surface area (Å²) in [5.74, 6) is -1.12. The topological polar surface area (TPSA) is 95.7 Å². The highest BCUT2D eigenvalue weighted by Gasteiger charge is 2.25. The molecule has 1 saturated heterocycles. The summed E-state index contributed by atoms with van der Waals surface area (Å²) in [6.07, 6.45) is 1.59. The van der Waals surface area contributed by atoms with Crippen LogP contribution in [0.25, 0.3) is 0 Å². The molecule has 8 nitrogen and oxygen atoms in total. The third-order valence-corrected chi connectivity index (χ3v) is 4.98. The number of carboxylic acid groups (broad SMARTS) is 1. The lowest BCUT2D eigenvalue weighted by molar-refractivity contribution is -0.132. The summed E-state index contributed by atoms with van der Waals surface area (Å²) in [7, 11) is 0. The molecule has 2 amide bonds. The van der Waals surface area contributed by atoms with Gasteiger partial charge >= 0.3 is 5.97 Å². The molecule has 1 aliphatic heterocycles. The van der Waals surface area contributed by atoms with Gasteiger partial charge in [-0.1, -0.05) is 6.07 Å². The third-order valence-electron chi connectivity index (χ3n) is 4.12. The Bertz CT molecular complexity index is 763. The largest absolute Gasteiger partial charge is 0.477 e. The molecule has 1 aliphatic rings. The van der Waals surface area contributed by atoms with Crippen molar-refractivity contribution in [3.05, 3.63) is 40.3 Å². The van der Waals surface area contributed by atoms with Crippen molar-refractivity contribution in [2.75, 3.05) is 26.2 Å². The van der Waals surface area contributed by atoms with E-state index in [0.29, 0.717) is 31.1 Å². The highest BCUT2D eigenvalue weighted by atomic mass is 32.1. The van der Waals surface area contributed by atoms with Gasteiger partial charge in [-0.3, -0.25) is 14.3 Å². The molecule has 1 N–H and O–H groups in total. The molecule has 1 fully saturated rings. The number of aromatic nitrogens is 2. The van der Waals surface area contributed by atoms with Crippen LogP contribution in [0, 0.1) is 0 Å². The number of piperazine rings is 1. The lowest BCUT2D eigenvalue weighted by atomic mass is 10.2. The van der Waals surface area contributed by atoms with Crippen LogP contribution in [-0.2, 0) is 11.3 Å². The molecule has 0 atom stereocenters. The first kappa shape index (κ1) is 17.2. The van der Waals surface area contributed by atoms with E-state index in [1.165, 1.54) is 28.3 Å². The van der Waals surface area contributed by atoms with Crippen LogP contribution >= 0.6 is 11.3 Å². The van der Waals surface area contributed by atoms with Crippen molar-refractivity contribution in [1.82, 2.24) is 19.6 Å². The Hall–Kier alpha value is -2.68. The van der Waals surface area contributed by atoms with Crippen LogP contribution in [0.3, 0.4) is 0 Å². The zero-order valence-corrected chi connectivity index (χ0v) is 14.3. The lowest BCUT2D eigenvalue weighted by Gasteiger charge is -2.34. The first-order valence-electron chi connectivity index (χ1n) is 7.92. The molecule has 0 unspecified atom stereocenters. The first-order valence-corrected chi connectivity index (χ1v) is 8.80. The van der Waals surface area contributed by atoms with Gasteiger partial charge in [-0.2, -0.15) is 5.10 Å². The number of thiophene rings is 1. The van der Waals surface area contributed by atoms with E-state index in [-0.39, 0.29) is 30.5 Å². The van der Waals surface area contributed by atoms with Gasteiger partial charge in [0.15, 0.2) is 0 Å². The van der Waals surface area contributed by atoms with Crippen molar-refractivity contribution in [2.45, 2.75) is 13.0 Å². The molecule has 9 heteroatoms. The Morgan fingerprint density at radius 1 is 1.12 bits per heavy atom. The highest BCUT2D eigenvalue weighted by Crippen LogP contribution is 2.14. The molecule has 0 spiro atoms. The zero-order valence-electron chi connectivity index (χ0n) is 13.5. The highest BCUT2D eigenvalue weighted by molar-refractivity contribution is 7.12. The number of hydrogen-bond acceptors (Lipinski definition) is 5. The second-order valence-corrected chi connectivity index (χ2v) is 6.59. The van der Waals surface area contributed by atoms with E-state index in [1.807, 2.05) is 11.4 Å². The standard InChI is InChI=1S/C16H18N4O4S/c21-14(4-6-20-12(16(23)24)3-5-17-20)18-7-9-19(10-8-18)15(22)13-2-1-11-25-13/h1-3,5,11H,4,6-10H2,(H,23,24). The quantitative estimate of drug-likeness (QED) is 0.857. The van der Waals surface area contributed by atoms with Crippen molar-refractivity contribution in [2.24, 2.45) is 0 Å². The molecule has 2 aromatic heterocycles. The molecule has 2 aromatic rings. The fraction of sp³-hybridized carbons (Fsp3) is 0.375. The van der Waals surface area contributed by atoms with Gasteiger partial charge in [-0.25, -0.2) is 4.79 Å². The maximum Gasteiger partial charge on any atom is 0.354 e. The van der Waals surface area contributed by atoms with E-state index >= 15 is 0 Å². The van der Waals surface area contributed by atoms with Gasteiger partial charge in [0, 0.05) is 38.8 Å². The Balaban J connectivity index is 1.49. The van der Waals surface area contributed by atoms with Crippen LogP contribution in [0.1, 0.15) is 26.6 Å². The molecule has 25 heavy (non-hydrogen) atoms.